The minimum Gasteiger partial charge on any atom is -0.394 e. The summed E-state index contributed by atoms with van der Waals surface area (Å²) in [7, 11) is 0. The van der Waals surface area contributed by atoms with E-state index in [9.17, 15) is 40.5 Å². The summed E-state index contributed by atoms with van der Waals surface area (Å²) in [5, 5.41) is 75.7. The maximum absolute atomic E-state index is 13.1. The van der Waals surface area contributed by atoms with E-state index >= 15 is 0 Å². The molecule has 0 aromatic heterocycles. The molecular weight excluding hydrogens is 751 g/mol. The third kappa shape index (κ3) is 28.4. The van der Waals surface area contributed by atoms with Gasteiger partial charge in [0.2, 0.25) is 5.91 Å². The normalized spacial score (nSPS) is 21.8. The fourth-order valence-corrected chi connectivity index (χ4v) is 8.21. The second-order valence-electron chi connectivity index (χ2n) is 18.4. The van der Waals surface area contributed by atoms with Crippen LogP contribution in [0.2, 0.25) is 0 Å². The minimum atomic E-state index is -1.66. The quantitative estimate of drug-likeness (QED) is 0.0277. The second-order valence-corrected chi connectivity index (χ2v) is 18.4. The van der Waals surface area contributed by atoms with E-state index in [0.717, 1.165) is 44.4 Å². The molecule has 0 radical (unpaired) electrons. The Morgan fingerprint density at radius 1 is 0.559 bits per heavy atom. The molecule has 0 aromatic rings. The van der Waals surface area contributed by atoms with Crippen molar-refractivity contribution in [2.24, 2.45) is 5.92 Å². The summed E-state index contributed by atoms with van der Waals surface area (Å²) in [6, 6.07) is -1.16. The lowest BCUT2D eigenvalue weighted by molar-refractivity contribution is -0.303. The first-order valence-corrected chi connectivity index (χ1v) is 24.8. The number of nitrogens with one attached hydrogen (secondary N) is 1. The van der Waals surface area contributed by atoms with Gasteiger partial charge in [0.15, 0.2) is 6.29 Å². The van der Waals surface area contributed by atoms with Gasteiger partial charge in [0.1, 0.15) is 36.6 Å². The number of hydrogen-bond acceptors (Lipinski definition) is 10. The van der Waals surface area contributed by atoms with E-state index in [2.05, 4.69) is 26.1 Å². The van der Waals surface area contributed by atoms with Gasteiger partial charge in [-0.3, -0.25) is 4.79 Å². The van der Waals surface area contributed by atoms with Gasteiger partial charge in [0.25, 0.3) is 0 Å². The van der Waals surface area contributed by atoms with Crippen molar-refractivity contribution in [1.29, 1.82) is 0 Å². The lowest BCUT2D eigenvalue weighted by Crippen LogP contribution is -2.60. The van der Waals surface area contributed by atoms with E-state index in [-0.39, 0.29) is 6.42 Å². The molecule has 0 saturated carbocycles. The maximum Gasteiger partial charge on any atom is 0.249 e. The van der Waals surface area contributed by atoms with Gasteiger partial charge in [0, 0.05) is 0 Å². The van der Waals surface area contributed by atoms with Crippen LogP contribution in [0.25, 0.3) is 0 Å². The van der Waals surface area contributed by atoms with Gasteiger partial charge in [-0.2, -0.15) is 0 Å². The molecule has 8 N–H and O–H groups in total. The molecule has 1 amide bonds. The monoisotopic (exact) mass is 846 g/mol. The smallest absolute Gasteiger partial charge is 0.249 e. The number of ether oxygens (including phenoxy) is 2. The minimum absolute atomic E-state index is 0.266. The van der Waals surface area contributed by atoms with Crippen LogP contribution in [-0.4, -0.2) is 110 Å². The van der Waals surface area contributed by atoms with Gasteiger partial charge >= 0.3 is 0 Å². The fraction of sp³-hybridized carbons (Fsp3) is 0.979. The summed E-state index contributed by atoms with van der Waals surface area (Å²) in [4.78, 5) is 13.1. The summed E-state index contributed by atoms with van der Waals surface area (Å²) in [5.74, 6) is 0.0701. The molecule has 11 heteroatoms. The Bertz CT molecular complexity index is 941. The molecule has 1 fully saturated rings. The molecule has 11 nitrogen and oxygen atoms in total. The molecule has 0 unspecified atom stereocenters. The standard InChI is InChI=1S/C48H95NO10/c1-4-5-6-7-8-9-10-11-12-13-14-15-16-17-18-19-22-26-29-32-35-41(52)47(57)49-39(37-58-48-46(56)45(55)44(54)42(36-50)59-48)43(53)40(51)34-31-28-25-23-20-21-24-27-30-33-38(2)3/h38-46,48,50-56H,4-37H2,1-3H3,(H,49,57)/t39-,40+,41+,42+,43-,44+,45-,46+,48+/m0/s1. The Hall–Kier alpha value is -0.890. The highest BCUT2D eigenvalue weighted by Crippen LogP contribution is 2.23. The molecule has 1 aliphatic rings. The molecule has 9 atom stereocenters. The molecule has 1 rings (SSSR count). The molecule has 1 heterocycles. The third-order valence-electron chi connectivity index (χ3n) is 12.3. The summed E-state index contributed by atoms with van der Waals surface area (Å²) in [6.07, 6.45) is 25.9. The number of aliphatic hydroxyl groups is 7. The van der Waals surface area contributed by atoms with Crippen molar-refractivity contribution in [1.82, 2.24) is 5.32 Å². The van der Waals surface area contributed by atoms with Crippen LogP contribution in [0, 0.1) is 5.92 Å². The first-order chi connectivity index (χ1) is 28.5. The Morgan fingerprint density at radius 2 is 0.949 bits per heavy atom. The van der Waals surface area contributed by atoms with Gasteiger partial charge < -0.3 is 50.5 Å². The molecule has 1 aliphatic heterocycles. The molecular formula is C48H95NO10. The maximum atomic E-state index is 13.1. The molecule has 59 heavy (non-hydrogen) atoms. The van der Waals surface area contributed by atoms with Gasteiger partial charge in [-0.15, -0.1) is 0 Å². The summed E-state index contributed by atoms with van der Waals surface area (Å²) in [6.45, 7) is 5.75. The van der Waals surface area contributed by atoms with Crippen molar-refractivity contribution in [2.45, 2.75) is 281 Å². The molecule has 0 aliphatic carbocycles. The molecule has 1 saturated heterocycles. The first-order valence-electron chi connectivity index (χ1n) is 24.8. The zero-order valence-corrected chi connectivity index (χ0v) is 38.2. The van der Waals surface area contributed by atoms with Crippen molar-refractivity contribution in [3.63, 3.8) is 0 Å². The summed E-state index contributed by atoms with van der Waals surface area (Å²) >= 11 is 0. The highest BCUT2D eigenvalue weighted by Gasteiger charge is 2.44. The summed E-state index contributed by atoms with van der Waals surface area (Å²) in [5.41, 5.74) is 0. The van der Waals surface area contributed by atoms with Gasteiger partial charge in [-0.25, -0.2) is 0 Å². The summed E-state index contributed by atoms with van der Waals surface area (Å²) < 4.78 is 11.1. The Morgan fingerprint density at radius 3 is 1.36 bits per heavy atom. The van der Waals surface area contributed by atoms with E-state index in [1.165, 1.54) is 141 Å². The highest BCUT2D eigenvalue weighted by molar-refractivity contribution is 5.80. The molecule has 0 bridgehead atoms. The van der Waals surface area contributed by atoms with E-state index in [0.29, 0.717) is 19.3 Å². The van der Waals surface area contributed by atoms with Crippen LogP contribution < -0.4 is 5.32 Å². The lowest BCUT2D eigenvalue weighted by Gasteiger charge is -2.40. The van der Waals surface area contributed by atoms with E-state index in [1.807, 2.05) is 0 Å². The Balaban J connectivity index is 2.37. The Kier molecular flexibility index (Phi) is 35.8. The first kappa shape index (κ1) is 56.1. The average Bonchev–Trinajstić information content (AvgIpc) is 3.22. The van der Waals surface area contributed by atoms with Gasteiger partial charge in [-0.05, 0) is 18.8 Å². The van der Waals surface area contributed by atoms with Crippen molar-refractivity contribution >= 4 is 5.91 Å². The van der Waals surface area contributed by atoms with Crippen molar-refractivity contribution in [2.75, 3.05) is 13.2 Å². The molecule has 352 valence electrons. The number of hydrogen-bond donors (Lipinski definition) is 8. The number of aliphatic hydroxyl groups excluding tert-OH is 7. The van der Waals surface area contributed by atoms with Crippen molar-refractivity contribution < 1.29 is 50.0 Å². The van der Waals surface area contributed by atoms with E-state index < -0.39 is 74.2 Å². The van der Waals surface area contributed by atoms with Crippen LogP contribution in [0.3, 0.4) is 0 Å². The van der Waals surface area contributed by atoms with E-state index in [1.54, 1.807) is 0 Å². The number of rotatable bonds is 41. The van der Waals surface area contributed by atoms with Gasteiger partial charge in [-0.1, -0.05) is 213 Å². The van der Waals surface area contributed by atoms with Crippen LogP contribution in [0.15, 0.2) is 0 Å². The SMILES string of the molecule is CCCCCCCCCCCCCCCCCCCCCC[C@@H](O)C(=O)N[C@@H](CO[C@@H]1O[C@H](CO)[C@@H](O)[C@H](O)[C@H]1O)[C@H](O)[C@H](O)CCCCCCCCCCCC(C)C. The topological polar surface area (TPSA) is 189 Å². The van der Waals surface area contributed by atoms with Crippen LogP contribution in [0.1, 0.15) is 226 Å². The highest BCUT2D eigenvalue weighted by atomic mass is 16.7. The van der Waals surface area contributed by atoms with Crippen LogP contribution in [0.5, 0.6) is 0 Å². The fourth-order valence-electron chi connectivity index (χ4n) is 8.21. The predicted molar refractivity (Wildman–Crippen MR) is 238 cm³/mol. The van der Waals surface area contributed by atoms with Crippen molar-refractivity contribution in [3.8, 4) is 0 Å². The van der Waals surface area contributed by atoms with Crippen LogP contribution in [0.4, 0.5) is 0 Å². The zero-order valence-electron chi connectivity index (χ0n) is 38.2. The largest absolute Gasteiger partial charge is 0.394 e. The predicted octanol–water partition coefficient (Wildman–Crippen LogP) is 8.53. The van der Waals surface area contributed by atoms with Crippen LogP contribution in [-0.2, 0) is 14.3 Å². The Labute approximate surface area is 360 Å². The third-order valence-corrected chi connectivity index (χ3v) is 12.3. The number of carbonyl (C=O) groups excluding carboxylic acids is 1. The average molecular weight is 846 g/mol. The second kappa shape index (κ2) is 37.6. The van der Waals surface area contributed by atoms with Crippen molar-refractivity contribution in [3.05, 3.63) is 0 Å². The number of unbranched alkanes of at least 4 members (excludes halogenated alkanes) is 27. The molecule has 0 aromatic carbocycles. The van der Waals surface area contributed by atoms with Gasteiger partial charge in [0.05, 0.1) is 25.4 Å². The van der Waals surface area contributed by atoms with Crippen LogP contribution >= 0.6 is 0 Å². The number of amides is 1. The molecule has 0 spiro atoms. The zero-order chi connectivity index (χ0) is 43.5. The van der Waals surface area contributed by atoms with E-state index in [4.69, 9.17) is 9.47 Å². The lowest BCUT2D eigenvalue weighted by atomic mass is 9.98. The number of carbonyl (C=O) groups is 1.